The summed E-state index contributed by atoms with van der Waals surface area (Å²) in [6.45, 7) is 3.13. The van der Waals surface area contributed by atoms with Crippen molar-refractivity contribution in [3.05, 3.63) is 23.3 Å². The molecule has 0 aliphatic heterocycles. The van der Waals surface area contributed by atoms with E-state index < -0.39 is 16.0 Å². The quantitative estimate of drug-likeness (QED) is 0.649. The molecule has 1 aromatic carbocycles. The first-order valence-electron chi connectivity index (χ1n) is 5.60. The van der Waals surface area contributed by atoms with E-state index in [1.807, 2.05) is 0 Å². The van der Waals surface area contributed by atoms with Crippen LogP contribution in [0.15, 0.2) is 17.0 Å². The molecule has 0 bridgehead atoms. The molecule has 0 spiro atoms. The zero-order valence-corrected chi connectivity index (χ0v) is 12.2. The summed E-state index contributed by atoms with van der Waals surface area (Å²) < 4.78 is 30.2. The van der Waals surface area contributed by atoms with Gasteiger partial charge in [-0.05, 0) is 31.0 Å². The number of carbonyl (C=O) groups excluding carboxylic acids is 1. The summed E-state index contributed by atoms with van der Waals surface area (Å²) in [5.41, 5.74) is 7.32. The molecule has 0 aliphatic rings. The van der Waals surface area contributed by atoms with E-state index in [1.54, 1.807) is 26.0 Å². The molecule has 0 aliphatic carbocycles. The van der Waals surface area contributed by atoms with Gasteiger partial charge in [0.25, 0.3) is 0 Å². The number of methoxy groups -OCH3 is 1. The van der Waals surface area contributed by atoms with Gasteiger partial charge < -0.3 is 10.5 Å². The van der Waals surface area contributed by atoms with E-state index in [-0.39, 0.29) is 17.1 Å². The van der Waals surface area contributed by atoms with Crippen molar-refractivity contribution in [3.63, 3.8) is 0 Å². The summed E-state index contributed by atoms with van der Waals surface area (Å²) in [6, 6.07) is 3.30. The molecule has 2 N–H and O–H groups in total. The summed E-state index contributed by atoms with van der Waals surface area (Å²) in [5.74, 6) is -0.630. The van der Waals surface area contributed by atoms with E-state index in [4.69, 9.17) is 5.73 Å². The molecule has 0 fully saturated rings. The van der Waals surface area contributed by atoms with Crippen molar-refractivity contribution >= 4 is 21.7 Å². The van der Waals surface area contributed by atoms with Crippen LogP contribution in [0.1, 0.15) is 11.1 Å². The van der Waals surface area contributed by atoms with Gasteiger partial charge in [-0.15, -0.1) is 0 Å². The maximum absolute atomic E-state index is 12.4. The average Bonchev–Trinajstić information content (AvgIpc) is 2.33. The molecule has 19 heavy (non-hydrogen) atoms. The van der Waals surface area contributed by atoms with Crippen molar-refractivity contribution in [2.24, 2.45) is 0 Å². The van der Waals surface area contributed by atoms with Gasteiger partial charge in [-0.1, -0.05) is 6.07 Å². The Bertz CT molecular complexity index is 596. The lowest BCUT2D eigenvalue weighted by atomic mass is 10.1. The van der Waals surface area contributed by atoms with Crippen LogP contribution in [0.25, 0.3) is 0 Å². The lowest BCUT2D eigenvalue weighted by Gasteiger charge is -2.19. The second-order valence-corrected chi connectivity index (χ2v) is 6.24. The summed E-state index contributed by atoms with van der Waals surface area (Å²) in [4.78, 5) is 11.2. The second-order valence-electron chi connectivity index (χ2n) is 4.26. The van der Waals surface area contributed by atoms with Crippen LogP contribution in [0.3, 0.4) is 0 Å². The third-order valence-electron chi connectivity index (χ3n) is 2.95. The minimum absolute atomic E-state index is 0.0407. The van der Waals surface area contributed by atoms with Crippen LogP contribution >= 0.6 is 0 Å². The van der Waals surface area contributed by atoms with Crippen molar-refractivity contribution in [1.29, 1.82) is 0 Å². The van der Waals surface area contributed by atoms with Gasteiger partial charge in [0, 0.05) is 7.05 Å². The molecule has 0 atom stereocenters. The zero-order valence-electron chi connectivity index (χ0n) is 11.4. The van der Waals surface area contributed by atoms with Crippen molar-refractivity contribution in [1.82, 2.24) is 4.31 Å². The Morgan fingerprint density at radius 3 is 2.47 bits per heavy atom. The van der Waals surface area contributed by atoms with Gasteiger partial charge in [-0.25, -0.2) is 8.42 Å². The predicted molar refractivity (Wildman–Crippen MR) is 72.2 cm³/mol. The molecule has 1 aromatic rings. The highest BCUT2D eigenvalue weighted by Gasteiger charge is 2.27. The van der Waals surface area contributed by atoms with Crippen LogP contribution in [0.5, 0.6) is 0 Å². The molecule has 0 saturated carbocycles. The third kappa shape index (κ3) is 3.05. The normalized spacial score (nSPS) is 11.6. The van der Waals surface area contributed by atoms with Gasteiger partial charge in [0.1, 0.15) is 11.4 Å². The van der Waals surface area contributed by atoms with E-state index in [0.29, 0.717) is 5.56 Å². The number of esters is 1. The third-order valence-corrected chi connectivity index (χ3v) is 4.96. The van der Waals surface area contributed by atoms with Gasteiger partial charge >= 0.3 is 5.97 Å². The highest BCUT2D eigenvalue weighted by atomic mass is 32.2. The van der Waals surface area contributed by atoms with E-state index in [0.717, 1.165) is 9.87 Å². The first-order valence-corrected chi connectivity index (χ1v) is 7.04. The van der Waals surface area contributed by atoms with Gasteiger partial charge in [0.2, 0.25) is 10.0 Å². The number of nitrogens with two attached hydrogens (primary N) is 1. The SMILES string of the molecule is COC(=O)CN(C)S(=O)(=O)c1c(N)ccc(C)c1C. The van der Waals surface area contributed by atoms with Gasteiger partial charge in [-0.2, -0.15) is 4.31 Å². The fourth-order valence-corrected chi connectivity index (χ4v) is 3.14. The van der Waals surface area contributed by atoms with E-state index in [9.17, 15) is 13.2 Å². The molecule has 0 radical (unpaired) electrons. The second kappa shape index (κ2) is 5.58. The molecule has 106 valence electrons. The largest absolute Gasteiger partial charge is 0.468 e. The smallest absolute Gasteiger partial charge is 0.321 e. The molecule has 7 heteroatoms. The topological polar surface area (TPSA) is 89.7 Å². The average molecular weight is 286 g/mol. The molecule has 0 unspecified atom stereocenters. The minimum atomic E-state index is -3.82. The number of hydrogen-bond donors (Lipinski definition) is 1. The van der Waals surface area contributed by atoms with Crippen LogP contribution in [0, 0.1) is 13.8 Å². The Kier molecular flexibility index (Phi) is 4.54. The molecule has 0 amide bonds. The van der Waals surface area contributed by atoms with Gasteiger partial charge in [-0.3, -0.25) is 4.79 Å². The standard InChI is InChI=1S/C12H18N2O4S/c1-8-5-6-10(13)12(9(8)2)19(16,17)14(3)7-11(15)18-4/h5-6H,7,13H2,1-4H3. The molecule has 0 aromatic heterocycles. The maximum Gasteiger partial charge on any atom is 0.321 e. The number of ether oxygens (including phenoxy) is 1. The minimum Gasteiger partial charge on any atom is -0.468 e. The molecular weight excluding hydrogens is 268 g/mol. The predicted octanol–water partition coefficient (Wildman–Crippen LogP) is 0.679. The van der Waals surface area contributed by atoms with Crippen molar-refractivity contribution in [2.75, 3.05) is 26.4 Å². The van der Waals surface area contributed by atoms with E-state index in [2.05, 4.69) is 4.74 Å². The summed E-state index contributed by atoms with van der Waals surface area (Å²) >= 11 is 0. The number of nitrogens with zero attached hydrogens (tertiary/aromatic N) is 1. The van der Waals surface area contributed by atoms with Crippen LogP contribution in [0.4, 0.5) is 5.69 Å². The summed E-state index contributed by atoms with van der Waals surface area (Å²) in [5, 5.41) is 0. The molecule has 6 nitrogen and oxygen atoms in total. The Morgan fingerprint density at radius 1 is 1.37 bits per heavy atom. The Labute approximate surface area is 113 Å². The van der Waals surface area contributed by atoms with Crippen molar-refractivity contribution < 1.29 is 17.9 Å². The fraction of sp³-hybridized carbons (Fsp3) is 0.417. The number of benzene rings is 1. The molecule has 1 rings (SSSR count). The first kappa shape index (κ1) is 15.5. The van der Waals surface area contributed by atoms with E-state index >= 15 is 0 Å². The van der Waals surface area contributed by atoms with Crippen LogP contribution in [-0.2, 0) is 19.6 Å². The fourth-order valence-electron chi connectivity index (χ4n) is 1.64. The maximum atomic E-state index is 12.4. The zero-order chi connectivity index (χ0) is 14.8. The highest BCUT2D eigenvalue weighted by Crippen LogP contribution is 2.27. The Morgan fingerprint density at radius 2 is 1.95 bits per heavy atom. The molecule has 0 heterocycles. The van der Waals surface area contributed by atoms with Crippen molar-refractivity contribution in [2.45, 2.75) is 18.7 Å². The number of aryl methyl sites for hydroxylation is 1. The Hall–Kier alpha value is -1.60. The number of sulfonamides is 1. The monoisotopic (exact) mass is 286 g/mol. The van der Waals surface area contributed by atoms with Gasteiger partial charge in [0.05, 0.1) is 12.8 Å². The van der Waals surface area contributed by atoms with Crippen LogP contribution < -0.4 is 5.73 Å². The Balaban J connectivity index is 3.28. The number of rotatable bonds is 4. The number of likely N-dealkylation sites (N-methyl/N-ethyl adjacent to an activating group) is 1. The summed E-state index contributed by atoms with van der Waals surface area (Å²) in [6.07, 6.45) is 0. The summed E-state index contributed by atoms with van der Waals surface area (Å²) in [7, 11) is -1.30. The molecular formula is C12H18N2O4S. The highest BCUT2D eigenvalue weighted by molar-refractivity contribution is 7.89. The van der Waals surface area contributed by atoms with Crippen molar-refractivity contribution in [3.8, 4) is 0 Å². The number of hydrogen-bond acceptors (Lipinski definition) is 5. The number of carbonyl (C=O) groups is 1. The van der Waals surface area contributed by atoms with Crippen LogP contribution in [0.2, 0.25) is 0 Å². The first-order chi connectivity index (χ1) is 8.71. The van der Waals surface area contributed by atoms with E-state index in [1.165, 1.54) is 14.2 Å². The lowest BCUT2D eigenvalue weighted by Crippen LogP contribution is -2.33. The number of nitrogen functional groups attached to an aromatic ring is 1. The molecule has 0 saturated heterocycles. The van der Waals surface area contributed by atoms with Crippen LogP contribution in [-0.4, -0.2) is 39.4 Å². The number of anilines is 1. The van der Waals surface area contributed by atoms with Gasteiger partial charge in [0.15, 0.2) is 0 Å². The lowest BCUT2D eigenvalue weighted by molar-refractivity contribution is -0.140.